The number of benzene rings is 1. The molecule has 0 radical (unpaired) electrons. The lowest BCUT2D eigenvalue weighted by atomic mass is 10.0. The monoisotopic (exact) mass is 483 g/mol. The lowest BCUT2D eigenvalue weighted by Crippen LogP contribution is -2.07. The van der Waals surface area contributed by atoms with E-state index in [1.807, 2.05) is 28.8 Å². The van der Waals surface area contributed by atoms with Crippen molar-refractivity contribution in [2.24, 2.45) is 0 Å². The maximum absolute atomic E-state index is 7.82. The highest BCUT2D eigenvalue weighted by Crippen LogP contribution is 2.24. The molecule has 4 aromatic rings. The van der Waals surface area contributed by atoms with E-state index in [1.54, 1.807) is 19.6 Å². The molecule has 0 saturated carbocycles. The van der Waals surface area contributed by atoms with Gasteiger partial charge in [-0.05, 0) is 30.0 Å². The number of hydrogen-bond acceptors (Lipinski definition) is 8. The van der Waals surface area contributed by atoms with Crippen LogP contribution in [0.4, 0.5) is 5.82 Å². The Balaban J connectivity index is 1.27. The second-order valence-electron chi connectivity index (χ2n) is 8.48. The van der Waals surface area contributed by atoms with Crippen LogP contribution in [0.1, 0.15) is 24.0 Å². The summed E-state index contributed by atoms with van der Waals surface area (Å²) in [6.45, 7) is 2.63. The number of nitrogens with zero attached hydrogens (tertiary/aromatic N) is 4. The molecule has 184 valence electrons. The van der Waals surface area contributed by atoms with E-state index in [0.717, 1.165) is 70.4 Å². The van der Waals surface area contributed by atoms with Crippen LogP contribution in [-0.2, 0) is 11.3 Å². The van der Waals surface area contributed by atoms with Crippen molar-refractivity contribution in [3.8, 4) is 17.1 Å². The molecule has 1 aliphatic rings. The molecular weight excluding hydrogens is 454 g/mol. The molecule has 1 aliphatic heterocycles. The Morgan fingerprint density at radius 2 is 2.03 bits per heavy atom. The smallest absolute Gasteiger partial charge is 0.140 e. The minimum absolute atomic E-state index is 0.489. The Kier molecular flexibility index (Phi) is 7.18. The highest BCUT2D eigenvalue weighted by Gasteiger charge is 2.12. The maximum atomic E-state index is 7.82. The van der Waals surface area contributed by atoms with Crippen LogP contribution < -0.4 is 15.4 Å². The highest BCUT2D eigenvalue weighted by molar-refractivity contribution is 6.09. The number of anilines is 1. The summed E-state index contributed by atoms with van der Waals surface area (Å²) >= 11 is 0. The molecule has 0 amide bonds. The van der Waals surface area contributed by atoms with Crippen molar-refractivity contribution < 1.29 is 9.47 Å². The largest absolute Gasteiger partial charge is 0.491 e. The van der Waals surface area contributed by atoms with Crippen molar-refractivity contribution in [3.63, 3.8) is 0 Å². The van der Waals surface area contributed by atoms with Gasteiger partial charge in [0.1, 0.15) is 30.1 Å². The Labute approximate surface area is 209 Å². The molecule has 5 rings (SSSR count). The number of hydrogen-bond donors (Lipinski definition) is 3. The van der Waals surface area contributed by atoms with E-state index in [1.165, 1.54) is 6.21 Å². The minimum Gasteiger partial charge on any atom is -0.491 e. The van der Waals surface area contributed by atoms with Crippen LogP contribution in [0.15, 0.2) is 66.9 Å². The third-order valence-corrected chi connectivity index (χ3v) is 6.12. The molecule has 1 aromatic carbocycles. The number of ether oxygens (including phenoxy) is 2. The minimum atomic E-state index is 0.489. The van der Waals surface area contributed by atoms with Gasteiger partial charge in [-0.15, -0.1) is 0 Å². The average molecular weight is 484 g/mol. The fraction of sp³-hybridized carbons (Fsp3) is 0.259. The molecule has 9 nitrogen and oxygen atoms in total. The van der Waals surface area contributed by atoms with E-state index in [4.69, 9.17) is 14.9 Å². The van der Waals surface area contributed by atoms with Crippen LogP contribution in [0.2, 0.25) is 0 Å². The van der Waals surface area contributed by atoms with E-state index >= 15 is 0 Å². The Morgan fingerprint density at radius 3 is 2.81 bits per heavy atom. The zero-order valence-electron chi connectivity index (χ0n) is 20.2. The molecule has 3 N–H and O–H groups in total. The molecule has 0 aliphatic carbocycles. The Hall–Kier alpha value is -4.24. The van der Waals surface area contributed by atoms with E-state index in [-0.39, 0.29) is 0 Å². The number of pyridine rings is 1. The Bertz CT molecular complexity index is 1370. The van der Waals surface area contributed by atoms with E-state index in [2.05, 4.69) is 49.9 Å². The third kappa shape index (κ3) is 5.21. The van der Waals surface area contributed by atoms with E-state index in [0.29, 0.717) is 19.8 Å². The fourth-order valence-corrected chi connectivity index (χ4v) is 4.24. The number of fused-ring (bicyclic) bond motifs is 1. The van der Waals surface area contributed by atoms with Gasteiger partial charge in [0.25, 0.3) is 0 Å². The van der Waals surface area contributed by atoms with Crippen LogP contribution in [0, 0.1) is 5.41 Å². The normalized spacial score (nSPS) is 14.5. The van der Waals surface area contributed by atoms with E-state index in [9.17, 15) is 0 Å². The first-order chi connectivity index (χ1) is 17.7. The molecule has 3 aromatic heterocycles. The highest BCUT2D eigenvalue weighted by atomic mass is 16.5. The van der Waals surface area contributed by atoms with Crippen molar-refractivity contribution in [1.82, 2.24) is 24.7 Å². The van der Waals surface area contributed by atoms with Gasteiger partial charge in [0, 0.05) is 56.0 Å². The van der Waals surface area contributed by atoms with Crippen molar-refractivity contribution in [2.75, 3.05) is 32.2 Å². The molecule has 9 heteroatoms. The van der Waals surface area contributed by atoms with Crippen molar-refractivity contribution in [3.05, 3.63) is 78.0 Å². The molecular formula is C27H29N7O2. The van der Waals surface area contributed by atoms with Gasteiger partial charge in [-0.3, -0.25) is 4.40 Å². The number of nitrogens with one attached hydrogen (secondary N) is 3. The van der Waals surface area contributed by atoms with Crippen LogP contribution in [-0.4, -0.2) is 52.4 Å². The van der Waals surface area contributed by atoms with Crippen LogP contribution >= 0.6 is 0 Å². The van der Waals surface area contributed by atoms with Gasteiger partial charge in [-0.25, -0.2) is 15.0 Å². The van der Waals surface area contributed by atoms with E-state index < -0.39 is 0 Å². The zero-order valence-corrected chi connectivity index (χ0v) is 20.2. The number of aromatic nitrogens is 4. The zero-order chi connectivity index (χ0) is 24.7. The fourth-order valence-electron chi connectivity index (χ4n) is 4.24. The van der Waals surface area contributed by atoms with Crippen molar-refractivity contribution in [1.29, 1.82) is 5.41 Å². The van der Waals surface area contributed by atoms with Crippen LogP contribution in [0.25, 0.3) is 22.6 Å². The predicted octanol–water partition coefficient (Wildman–Crippen LogP) is 4.17. The second-order valence-corrected chi connectivity index (χ2v) is 8.48. The lowest BCUT2D eigenvalue weighted by molar-refractivity contribution is 0.146. The lowest BCUT2D eigenvalue weighted by Gasteiger charge is -2.10. The van der Waals surface area contributed by atoms with Crippen LogP contribution in [0.3, 0.4) is 0 Å². The molecule has 36 heavy (non-hydrogen) atoms. The topological polar surface area (TPSA) is 109 Å². The van der Waals surface area contributed by atoms with Gasteiger partial charge < -0.3 is 25.5 Å². The summed E-state index contributed by atoms with van der Waals surface area (Å²) < 4.78 is 12.7. The molecule has 0 bridgehead atoms. The Morgan fingerprint density at radius 1 is 1.14 bits per heavy atom. The maximum Gasteiger partial charge on any atom is 0.140 e. The average Bonchev–Trinajstić information content (AvgIpc) is 3.59. The number of imidazole rings is 1. The molecule has 1 saturated heterocycles. The summed E-state index contributed by atoms with van der Waals surface area (Å²) in [5.41, 5.74) is 6.73. The second kappa shape index (κ2) is 11.0. The number of methoxy groups -OCH3 is 1. The van der Waals surface area contributed by atoms with Gasteiger partial charge in [-0.2, -0.15) is 0 Å². The standard InChI is InChI=1S/C27H29N7O2/c1-35-11-12-36-21-8-10-34-25(17-31-27(34)13-21)24-14-26(33-18-32-24)30-16-19-4-6-20(7-5-19)22(15-28)23-3-2-9-29-23/h4-8,10,13-15,17-18,28-29H,2-3,9,11-12,16H2,1H3,(H,30,32,33)/b23-22+,28-15?. The van der Waals surface area contributed by atoms with Gasteiger partial charge in [0.2, 0.25) is 0 Å². The molecule has 4 heterocycles. The first-order valence-corrected chi connectivity index (χ1v) is 12.0. The first-order valence-electron chi connectivity index (χ1n) is 12.0. The summed E-state index contributed by atoms with van der Waals surface area (Å²) in [5, 5.41) is 14.6. The summed E-state index contributed by atoms with van der Waals surface area (Å²) in [4.78, 5) is 13.4. The SMILES string of the molecule is COCCOc1ccn2c(-c3cc(NCc4ccc(/C(C=N)=C5\CCCN5)cc4)ncn3)cnc2c1. The summed E-state index contributed by atoms with van der Waals surface area (Å²) in [5.74, 6) is 1.48. The quantitative estimate of drug-likeness (QED) is 0.229. The van der Waals surface area contributed by atoms with Gasteiger partial charge in [0.15, 0.2) is 0 Å². The van der Waals surface area contributed by atoms with Gasteiger partial charge in [0.05, 0.1) is 24.2 Å². The van der Waals surface area contributed by atoms with Crippen LogP contribution in [0.5, 0.6) is 5.75 Å². The first kappa shape index (κ1) is 23.5. The third-order valence-electron chi connectivity index (χ3n) is 6.12. The molecule has 0 atom stereocenters. The molecule has 0 unspecified atom stereocenters. The number of allylic oxidation sites excluding steroid dienone is 2. The predicted molar refractivity (Wildman–Crippen MR) is 140 cm³/mol. The van der Waals surface area contributed by atoms with Gasteiger partial charge >= 0.3 is 0 Å². The van der Waals surface area contributed by atoms with Crippen molar-refractivity contribution >= 4 is 23.3 Å². The summed E-state index contributed by atoms with van der Waals surface area (Å²) in [6, 6.07) is 14.0. The molecule has 1 fully saturated rings. The number of rotatable bonds is 10. The molecule has 0 spiro atoms. The summed E-state index contributed by atoms with van der Waals surface area (Å²) in [7, 11) is 1.65. The van der Waals surface area contributed by atoms with Crippen molar-refractivity contribution in [2.45, 2.75) is 19.4 Å². The summed E-state index contributed by atoms with van der Waals surface area (Å²) in [6.07, 6.45) is 8.84. The van der Waals surface area contributed by atoms with Gasteiger partial charge in [-0.1, -0.05) is 24.3 Å².